The second-order valence-corrected chi connectivity index (χ2v) is 4.29. The van der Waals surface area contributed by atoms with E-state index < -0.39 is 0 Å². The molecule has 0 saturated heterocycles. The molecule has 2 bridgehead atoms. The Morgan fingerprint density at radius 3 is 3.00 bits per heavy atom. The third-order valence-electron chi connectivity index (χ3n) is 2.97. The lowest BCUT2D eigenvalue weighted by Gasteiger charge is -2.14. The molecule has 0 atom stereocenters. The number of carbonyl (C=O) groups is 1. The molecule has 0 radical (unpaired) electrons. The number of nitrogens with one attached hydrogen (secondary N) is 1. The number of amides is 1. The van der Waals surface area contributed by atoms with E-state index in [1.165, 1.54) is 0 Å². The highest BCUT2D eigenvalue weighted by atomic mass is 35.5. The van der Waals surface area contributed by atoms with E-state index in [1.54, 1.807) is 12.1 Å². The summed E-state index contributed by atoms with van der Waals surface area (Å²) < 4.78 is 0. The van der Waals surface area contributed by atoms with E-state index in [9.17, 15) is 10.1 Å². The molecule has 1 aliphatic heterocycles. The Bertz CT molecular complexity index is 743. The monoisotopic (exact) mass is 242 g/mol. The van der Waals surface area contributed by atoms with Crippen LogP contribution in [0.3, 0.4) is 0 Å². The smallest absolute Gasteiger partial charge is 0.253 e. The standard InChI is InChI=1S/C13H7ClN2O/c14-11-2-1-7-5-9(11)8-3-4-16-13(17)12(8)10(7)6-15/h1-3,5H,4H2,(H,16,17). The number of fused-ring (bicyclic) bond motifs is 4. The molecule has 1 amide bonds. The van der Waals surface area contributed by atoms with Crippen molar-refractivity contribution >= 4 is 34.4 Å². The predicted molar refractivity (Wildman–Crippen MR) is 65.7 cm³/mol. The largest absolute Gasteiger partial charge is 0.348 e. The average molecular weight is 243 g/mol. The maximum atomic E-state index is 11.9. The summed E-state index contributed by atoms with van der Waals surface area (Å²) in [6, 6.07) is 7.47. The van der Waals surface area contributed by atoms with E-state index in [1.807, 2.05) is 12.1 Å². The maximum absolute atomic E-state index is 11.9. The summed E-state index contributed by atoms with van der Waals surface area (Å²) in [4.78, 5) is 11.9. The van der Waals surface area contributed by atoms with Crippen LogP contribution in [0.15, 0.2) is 18.2 Å². The van der Waals surface area contributed by atoms with Crippen LogP contribution in [0.2, 0.25) is 5.02 Å². The molecule has 2 aromatic carbocycles. The molecule has 0 saturated carbocycles. The van der Waals surface area contributed by atoms with Gasteiger partial charge in [-0.2, -0.15) is 5.26 Å². The number of halogens is 1. The van der Waals surface area contributed by atoms with Gasteiger partial charge in [0.25, 0.3) is 5.91 Å². The lowest BCUT2D eigenvalue weighted by molar-refractivity contribution is 0.0955. The Hall–Kier alpha value is -2.05. The first-order chi connectivity index (χ1) is 8.22. The Kier molecular flexibility index (Phi) is 2.07. The second-order valence-electron chi connectivity index (χ2n) is 3.88. The number of benzene rings is 2. The van der Waals surface area contributed by atoms with E-state index in [2.05, 4.69) is 11.4 Å². The molecule has 4 heteroatoms. The van der Waals surface area contributed by atoms with Gasteiger partial charge in [0.2, 0.25) is 0 Å². The summed E-state index contributed by atoms with van der Waals surface area (Å²) in [5.74, 6) is -0.207. The van der Waals surface area contributed by atoms with E-state index >= 15 is 0 Å². The Morgan fingerprint density at radius 1 is 1.41 bits per heavy atom. The summed E-state index contributed by atoms with van der Waals surface area (Å²) in [6.45, 7) is 0.469. The van der Waals surface area contributed by atoms with Crippen LogP contribution in [0.5, 0.6) is 0 Å². The molecule has 0 aromatic heterocycles. The molecule has 1 N–H and O–H groups in total. The molecule has 1 aliphatic rings. The number of nitriles is 1. The van der Waals surface area contributed by atoms with E-state index in [-0.39, 0.29) is 5.91 Å². The summed E-state index contributed by atoms with van der Waals surface area (Å²) >= 11 is 6.11. The Labute approximate surface area is 102 Å². The normalized spacial score (nSPS) is 13.8. The summed E-state index contributed by atoms with van der Waals surface area (Å²) in [6.07, 6.45) is 1.89. The van der Waals surface area contributed by atoms with Crippen molar-refractivity contribution in [2.45, 2.75) is 0 Å². The molecule has 0 unspecified atom stereocenters. The third-order valence-corrected chi connectivity index (χ3v) is 3.30. The molecule has 2 aromatic rings. The van der Waals surface area contributed by atoms with Gasteiger partial charge < -0.3 is 5.32 Å². The van der Waals surface area contributed by atoms with Crippen LogP contribution in [0.25, 0.3) is 16.8 Å². The van der Waals surface area contributed by atoms with Crippen molar-refractivity contribution in [1.29, 1.82) is 5.26 Å². The van der Waals surface area contributed by atoms with Crippen molar-refractivity contribution in [3.63, 3.8) is 0 Å². The van der Waals surface area contributed by atoms with Gasteiger partial charge in [-0.1, -0.05) is 23.7 Å². The van der Waals surface area contributed by atoms with Crippen molar-refractivity contribution < 1.29 is 4.79 Å². The topological polar surface area (TPSA) is 52.9 Å². The van der Waals surface area contributed by atoms with Gasteiger partial charge in [-0.15, -0.1) is 0 Å². The first-order valence-corrected chi connectivity index (χ1v) is 5.53. The van der Waals surface area contributed by atoms with Gasteiger partial charge in [-0.05, 0) is 22.7 Å². The molecular weight excluding hydrogens is 236 g/mol. The maximum Gasteiger partial charge on any atom is 0.253 e. The first-order valence-electron chi connectivity index (χ1n) is 5.16. The van der Waals surface area contributed by atoms with Gasteiger partial charge in [-0.3, -0.25) is 4.79 Å². The number of hydrogen-bond acceptors (Lipinski definition) is 2. The quantitative estimate of drug-likeness (QED) is 0.763. The first kappa shape index (κ1) is 10.1. The number of carbonyl (C=O) groups excluding carboxylic acids is 1. The molecule has 3 rings (SSSR count). The molecule has 82 valence electrons. The van der Waals surface area contributed by atoms with E-state index in [0.29, 0.717) is 22.7 Å². The zero-order valence-corrected chi connectivity index (χ0v) is 9.51. The molecule has 17 heavy (non-hydrogen) atoms. The lowest BCUT2D eigenvalue weighted by atomic mass is 9.94. The molecule has 3 nitrogen and oxygen atoms in total. The SMILES string of the molecule is N#Cc1c2c(c3cc1ccc3Cl)=CCNC2=O. The van der Waals surface area contributed by atoms with Crippen LogP contribution in [0, 0.1) is 11.3 Å². The van der Waals surface area contributed by atoms with Crippen LogP contribution in [-0.4, -0.2) is 12.5 Å². The fourth-order valence-electron chi connectivity index (χ4n) is 2.20. The highest BCUT2D eigenvalue weighted by Gasteiger charge is 2.20. The fourth-order valence-corrected chi connectivity index (χ4v) is 2.42. The zero-order chi connectivity index (χ0) is 12.0. The molecule has 0 spiro atoms. The van der Waals surface area contributed by atoms with Gasteiger partial charge in [0, 0.05) is 17.0 Å². The fraction of sp³-hybridized carbons (Fsp3) is 0.0769. The summed E-state index contributed by atoms with van der Waals surface area (Å²) in [7, 11) is 0. The molecular formula is C13H7ClN2O. The van der Waals surface area contributed by atoms with Crippen molar-refractivity contribution in [2.75, 3.05) is 6.54 Å². The minimum atomic E-state index is -0.207. The summed E-state index contributed by atoms with van der Waals surface area (Å²) in [5.41, 5.74) is 0.853. The number of rotatable bonds is 0. The van der Waals surface area contributed by atoms with Crippen molar-refractivity contribution in [1.82, 2.24) is 5.32 Å². The zero-order valence-electron chi connectivity index (χ0n) is 8.75. The van der Waals surface area contributed by atoms with Gasteiger partial charge in [0.15, 0.2) is 0 Å². The predicted octanol–water partition coefficient (Wildman–Crippen LogP) is 1.61. The number of nitrogens with zero attached hydrogens (tertiary/aromatic N) is 1. The van der Waals surface area contributed by atoms with E-state index in [0.717, 1.165) is 16.0 Å². The molecule has 0 aliphatic carbocycles. The third kappa shape index (κ3) is 1.31. The van der Waals surface area contributed by atoms with Crippen LogP contribution >= 0.6 is 11.6 Å². The second kappa shape index (κ2) is 3.47. The van der Waals surface area contributed by atoms with Crippen LogP contribution < -0.4 is 10.5 Å². The minimum absolute atomic E-state index is 0.207. The van der Waals surface area contributed by atoms with Gasteiger partial charge in [0.1, 0.15) is 6.07 Å². The van der Waals surface area contributed by atoms with Crippen LogP contribution in [-0.2, 0) is 0 Å². The lowest BCUT2D eigenvalue weighted by Crippen LogP contribution is -2.35. The molecule has 1 heterocycles. The average Bonchev–Trinajstić information content (AvgIpc) is 2.34. The Morgan fingerprint density at radius 2 is 2.24 bits per heavy atom. The van der Waals surface area contributed by atoms with Crippen molar-refractivity contribution in [3.05, 3.63) is 39.6 Å². The van der Waals surface area contributed by atoms with Gasteiger partial charge >= 0.3 is 0 Å². The highest BCUT2D eigenvalue weighted by molar-refractivity contribution is 6.34. The number of hydrogen-bond donors (Lipinski definition) is 1. The van der Waals surface area contributed by atoms with Crippen molar-refractivity contribution in [3.8, 4) is 6.07 Å². The Balaban J connectivity index is 2.62. The van der Waals surface area contributed by atoms with Crippen LogP contribution in [0.1, 0.15) is 15.9 Å². The van der Waals surface area contributed by atoms with Gasteiger partial charge in [-0.25, -0.2) is 0 Å². The minimum Gasteiger partial charge on any atom is -0.348 e. The summed E-state index contributed by atoms with van der Waals surface area (Å²) in [5, 5.41) is 14.8. The van der Waals surface area contributed by atoms with E-state index in [4.69, 9.17) is 11.6 Å². The van der Waals surface area contributed by atoms with Crippen molar-refractivity contribution in [2.24, 2.45) is 0 Å². The molecule has 0 fully saturated rings. The highest BCUT2D eigenvalue weighted by Crippen LogP contribution is 2.23. The van der Waals surface area contributed by atoms with Gasteiger partial charge in [0.05, 0.1) is 11.1 Å². The van der Waals surface area contributed by atoms with Crippen LogP contribution in [0.4, 0.5) is 0 Å².